The molecule has 1 aromatic heterocycles. The lowest BCUT2D eigenvalue weighted by Crippen LogP contribution is -2.04. The summed E-state index contributed by atoms with van der Waals surface area (Å²) in [6, 6.07) is 0. The van der Waals surface area contributed by atoms with Gasteiger partial charge in [-0.25, -0.2) is 9.97 Å². The lowest BCUT2D eigenvalue weighted by atomic mass is 10.1. The van der Waals surface area contributed by atoms with Gasteiger partial charge < -0.3 is 0 Å². The average molecular weight is 278 g/mol. The van der Waals surface area contributed by atoms with Crippen LogP contribution < -0.4 is 0 Å². The van der Waals surface area contributed by atoms with Gasteiger partial charge in [-0.3, -0.25) is 0 Å². The fourth-order valence-electron chi connectivity index (χ4n) is 1.09. The Morgan fingerprint density at radius 2 is 1.64 bits per heavy atom. The van der Waals surface area contributed by atoms with Crippen LogP contribution in [0.1, 0.15) is 51.0 Å². The second kappa shape index (κ2) is 4.58. The van der Waals surface area contributed by atoms with Crippen molar-refractivity contribution in [2.75, 3.05) is 0 Å². The minimum atomic E-state index is 0.304. The maximum atomic E-state index is 6.01. The van der Waals surface area contributed by atoms with E-state index in [1.54, 1.807) is 0 Å². The molecule has 0 amide bonds. The van der Waals surface area contributed by atoms with E-state index in [-0.39, 0.29) is 0 Å². The number of hydrogen-bond donors (Lipinski definition) is 0. The van der Waals surface area contributed by atoms with E-state index in [1.807, 2.05) is 0 Å². The second-order valence-corrected chi connectivity index (χ2v) is 5.03. The predicted molar refractivity (Wildman–Crippen MR) is 62.9 cm³/mol. The van der Waals surface area contributed by atoms with Gasteiger partial charge in [-0.1, -0.05) is 39.3 Å². The zero-order valence-corrected chi connectivity index (χ0v) is 11.1. The van der Waals surface area contributed by atoms with Crippen LogP contribution in [0, 0.1) is 0 Å². The first-order valence-corrected chi connectivity index (χ1v) is 5.83. The molecule has 0 N–H and O–H groups in total. The summed E-state index contributed by atoms with van der Waals surface area (Å²) in [5.41, 5.74) is 0.980. The Bertz CT molecular complexity index is 337. The lowest BCUT2D eigenvalue weighted by molar-refractivity contribution is 0.725. The number of aromatic nitrogens is 2. The Hall–Kier alpha value is -0.150. The van der Waals surface area contributed by atoms with Gasteiger partial charge in [-0.15, -0.1) is 0 Å². The third-order valence-corrected chi connectivity index (χ3v) is 3.20. The molecule has 0 fully saturated rings. The van der Waals surface area contributed by atoms with Gasteiger partial charge in [0.25, 0.3) is 0 Å². The zero-order chi connectivity index (χ0) is 10.9. The van der Waals surface area contributed by atoms with Crippen molar-refractivity contribution in [2.24, 2.45) is 0 Å². The summed E-state index contributed by atoms with van der Waals surface area (Å²) in [7, 11) is 0. The number of halogens is 2. The van der Waals surface area contributed by atoms with Crippen molar-refractivity contribution in [1.29, 1.82) is 0 Å². The molecule has 0 spiro atoms. The van der Waals surface area contributed by atoms with Crippen LogP contribution in [-0.4, -0.2) is 9.97 Å². The molecule has 1 rings (SSSR count). The molecular formula is C10H14BrClN2. The predicted octanol–water partition coefficient (Wildman–Crippen LogP) is 4.14. The summed E-state index contributed by atoms with van der Waals surface area (Å²) in [5.74, 6) is 1.46. The highest BCUT2D eigenvalue weighted by Crippen LogP contribution is 2.29. The van der Waals surface area contributed by atoms with Gasteiger partial charge in [0.05, 0.1) is 10.2 Å². The highest BCUT2D eigenvalue weighted by molar-refractivity contribution is 9.10. The normalized spacial score (nSPS) is 11.4. The summed E-state index contributed by atoms with van der Waals surface area (Å²) in [5, 5.41) is 0.507. The van der Waals surface area contributed by atoms with Crippen LogP contribution in [0.5, 0.6) is 0 Å². The van der Waals surface area contributed by atoms with Crippen LogP contribution in [0.4, 0.5) is 0 Å². The molecule has 0 aliphatic rings. The van der Waals surface area contributed by atoms with E-state index in [4.69, 9.17) is 11.6 Å². The van der Waals surface area contributed by atoms with Gasteiger partial charge in [0.2, 0.25) is 0 Å². The minimum Gasteiger partial charge on any atom is -0.236 e. The number of hydrogen-bond acceptors (Lipinski definition) is 2. The van der Waals surface area contributed by atoms with Gasteiger partial charge >= 0.3 is 0 Å². The Kier molecular flexibility index (Phi) is 3.90. The highest BCUT2D eigenvalue weighted by atomic mass is 79.9. The molecule has 0 unspecified atom stereocenters. The van der Waals surface area contributed by atoms with Crippen molar-refractivity contribution in [2.45, 2.75) is 39.5 Å². The molecule has 0 radical (unpaired) electrons. The SMILES string of the molecule is CC(C)c1nc(Cl)c(Br)c(C(C)C)n1. The summed E-state index contributed by atoms with van der Waals surface area (Å²) in [4.78, 5) is 8.71. The largest absolute Gasteiger partial charge is 0.236 e. The van der Waals surface area contributed by atoms with E-state index in [1.165, 1.54) is 0 Å². The van der Waals surface area contributed by atoms with Gasteiger partial charge in [-0.05, 0) is 21.8 Å². The molecule has 0 aromatic carbocycles. The van der Waals surface area contributed by atoms with E-state index >= 15 is 0 Å². The van der Waals surface area contributed by atoms with Crippen molar-refractivity contribution in [3.63, 3.8) is 0 Å². The van der Waals surface area contributed by atoms with Gasteiger partial charge in [-0.2, -0.15) is 0 Å². The quantitative estimate of drug-likeness (QED) is 0.759. The molecule has 14 heavy (non-hydrogen) atoms. The number of nitrogens with zero attached hydrogens (tertiary/aromatic N) is 2. The van der Waals surface area contributed by atoms with Gasteiger partial charge in [0, 0.05) is 5.92 Å². The summed E-state index contributed by atoms with van der Waals surface area (Å²) < 4.78 is 0.818. The fourth-order valence-corrected chi connectivity index (χ4v) is 1.91. The van der Waals surface area contributed by atoms with E-state index in [0.29, 0.717) is 17.0 Å². The molecular weight excluding hydrogens is 263 g/mol. The average Bonchev–Trinajstić information content (AvgIpc) is 2.08. The smallest absolute Gasteiger partial charge is 0.147 e. The molecule has 0 bridgehead atoms. The summed E-state index contributed by atoms with van der Waals surface area (Å²) in [6.45, 7) is 8.30. The maximum Gasteiger partial charge on any atom is 0.147 e. The third-order valence-electron chi connectivity index (χ3n) is 1.92. The van der Waals surface area contributed by atoms with Crippen molar-refractivity contribution in [1.82, 2.24) is 9.97 Å². The van der Waals surface area contributed by atoms with E-state index in [9.17, 15) is 0 Å². The maximum absolute atomic E-state index is 6.01. The first kappa shape index (κ1) is 11.9. The second-order valence-electron chi connectivity index (χ2n) is 3.88. The zero-order valence-electron chi connectivity index (χ0n) is 8.81. The van der Waals surface area contributed by atoms with Crippen LogP contribution in [-0.2, 0) is 0 Å². The fraction of sp³-hybridized carbons (Fsp3) is 0.600. The molecule has 0 saturated carbocycles. The van der Waals surface area contributed by atoms with Crippen LogP contribution in [0.25, 0.3) is 0 Å². The molecule has 0 saturated heterocycles. The Balaban J connectivity index is 3.28. The molecule has 1 aromatic rings. The topological polar surface area (TPSA) is 25.8 Å². The van der Waals surface area contributed by atoms with Gasteiger partial charge in [0.15, 0.2) is 0 Å². The minimum absolute atomic E-state index is 0.304. The van der Waals surface area contributed by atoms with Gasteiger partial charge in [0.1, 0.15) is 11.0 Å². The standard InChI is InChI=1S/C10H14BrClN2/c1-5(2)8-7(11)9(12)14-10(13-8)6(3)4/h5-6H,1-4H3. The first-order chi connectivity index (χ1) is 6.43. The third kappa shape index (κ3) is 2.45. The Labute approximate surface area is 98.2 Å². The molecule has 2 nitrogen and oxygen atoms in total. The Morgan fingerprint density at radius 1 is 1.07 bits per heavy atom. The van der Waals surface area contributed by atoms with Crippen LogP contribution in [0.3, 0.4) is 0 Å². The molecule has 0 atom stereocenters. The van der Waals surface area contributed by atoms with E-state index < -0.39 is 0 Å². The highest BCUT2D eigenvalue weighted by Gasteiger charge is 2.14. The molecule has 1 heterocycles. The molecule has 0 aliphatic carbocycles. The van der Waals surface area contributed by atoms with Crippen molar-refractivity contribution in [3.05, 3.63) is 21.1 Å². The molecule has 4 heteroatoms. The van der Waals surface area contributed by atoms with E-state index in [2.05, 4.69) is 53.6 Å². The molecule has 78 valence electrons. The van der Waals surface area contributed by atoms with Crippen molar-refractivity contribution >= 4 is 27.5 Å². The van der Waals surface area contributed by atoms with Crippen LogP contribution in [0.2, 0.25) is 5.15 Å². The van der Waals surface area contributed by atoms with Crippen LogP contribution >= 0.6 is 27.5 Å². The summed E-state index contributed by atoms with van der Waals surface area (Å²) in [6.07, 6.45) is 0. The monoisotopic (exact) mass is 276 g/mol. The molecule has 0 aliphatic heterocycles. The Morgan fingerprint density at radius 3 is 2.07 bits per heavy atom. The first-order valence-electron chi connectivity index (χ1n) is 4.66. The van der Waals surface area contributed by atoms with Crippen molar-refractivity contribution in [3.8, 4) is 0 Å². The number of rotatable bonds is 2. The summed E-state index contributed by atoms with van der Waals surface area (Å²) >= 11 is 9.42. The lowest BCUT2D eigenvalue weighted by Gasteiger charge is -2.12. The van der Waals surface area contributed by atoms with E-state index in [0.717, 1.165) is 16.0 Å². The van der Waals surface area contributed by atoms with Crippen molar-refractivity contribution < 1.29 is 0 Å². The van der Waals surface area contributed by atoms with Crippen LogP contribution in [0.15, 0.2) is 4.47 Å².